The van der Waals surface area contributed by atoms with Gasteiger partial charge in [-0.1, -0.05) is 30.3 Å². The fourth-order valence-corrected chi connectivity index (χ4v) is 5.12. The van der Waals surface area contributed by atoms with Gasteiger partial charge in [0.25, 0.3) is 11.8 Å². The van der Waals surface area contributed by atoms with Crippen molar-refractivity contribution in [1.29, 1.82) is 0 Å². The summed E-state index contributed by atoms with van der Waals surface area (Å²) in [5, 5.41) is 0. The molecule has 1 atom stereocenters. The van der Waals surface area contributed by atoms with Crippen LogP contribution in [0.3, 0.4) is 0 Å². The van der Waals surface area contributed by atoms with Crippen LogP contribution in [0.25, 0.3) is 0 Å². The van der Waals surface area contributed by atoms with E-state index >= 15 is 0 Å². The average molecular weight is 356 g/mol. The highest BCUT2D eigenvalue weighted by Gasteiger charge is 2.47. The van der Waals surface area contributed by atoms with Crippen LogP contribution in [0.1, 0.15) is 56.4 Å². The summed E-state index contributed by atoms with van der Waals surface area (Å²) < 4.78 is 21.2. The lowest BCUT2D eigenvalue weighted by molar-refractivity contribution is 0.0700. The predicted molar refractivity (Wildman–Crippen MR) is 97.2 cm³/mol. The lowest BCUT2D eigenvalue weighted by atomic mass is 9.95. The van der Waals surface area contributed by atoms with Crippen molar-refractivity contribution in [2.75, 3.05) is 6.61 Å². The summed E-state index contributed by atoms with van der Waals surface area (Å²) in [5.41, 5.74) is 1.37. The van der Waals surface area contributed by atoms with Gasteiger partial charge in [0.15, 0.2) is 0 Å². The zero-order valence-electron chi connectivity index (χ0n) is 14.4. The Morgan fingerprint density at radius 3 is 2.48 bits per heavy atom. The number of ether oxygens (including phenoxy) is 2. The second kappa shape index (κ2) is 6.27. The summed E-state index contributed by atoms with van der Waals surface area (Å²) in [6, 6.07) is 10.7. The van der Waals surface area contributed by atoms with Gasteiger partial charge >= 0.3 is 0 Å². The van der Waals surface area contributed by atoms with Crippen LogP contribution < -0.4 is 9.47 Å². The molecular weight excluding hydrogens is 332 g/mol. The Kier molecular flexibility index (Phi) is 3.92. The highest BCUT2D eigenvalue weighted by Crippen LogP contribution is 2.50. The molecule has 0 spiro atoms. The van der Waals surface area contributed by atoms with Crippen LogP contribution in [0, 0.1) is 11.8 Å². The van der Waals surface area contributed by atoms with Crippen molar-refractivity contribution in [2.24, 2.45) is 11.8 Å². The van der Waals surface area contributed by atoms with Gasteiger partial charge in [0.2, 0.25) is 0 Å². The minimum atomic E-state index is 0.00779. The Morgan fingerprint density at radius 1 is 1.04 bits per heavy atom. The monoisotopic (exact) mass is 356 g/mol. The Balaban J connectivity index is 1.28. The molecule has 25 heavy (non-hydrogen) atoms. The van der Waals surface area contributed by atoms with Crippen molar-refractivity contribution in [3.63, 3.8) is 0 Å². The summed E-state index contributed by atoms with van der Waals surface area (Å²) >= 11 is 1.19. The van der Waals surface area contributed by atoms with Gasteiger partial charge in [-0.15, -0.1) is 8.75 Å². The van der Waals surface area contributed by atoms with Gasteiger partial charge in [0.05, 0.1) is 18.3 Å². The maximum Gasteiger partial charge on any atom is 0.291 e. The fraction of sp³-hybridized carbons (Fsp3) is 0.600. The molecule has 3 aliphatic rings. The van der Waals surface area contributed by atoms with Gasteiger partial charge in [0.1, 0.15) is 5.60 Å². The largest absolute Gasteiger partial charge is 0.473 e. The number of aromatic nitrogens is 2. The maximum atomic E-state index is 6.35. The fourth-order valence-electron chi connectivity index (χ4n) is 4.68. The van der Waals surface area contributed by atoms with Gasteiger partial charge in [-0.05, 0) is 62.3 Å². The van der Waals surface area contributed by atoms with Crippen LogP contribution in [-0.2, 0) is 0 Å². The second-order valence-corrected chi connectivity index (χ2v) is 8.50. The van der Waals surface area contributed by atoms with Gasteiger partial charge < -0.3 is 9.47 Å². The van der Waals surface area contributed by atoms with Crippen LogP contribution >= 0.6 is 11.7 Å². The normalized spacial score (nSPS) is 28.9. The van der Waals surface area contributed by atoms with E-state index in [0.29, 0.717) is 24.3 Å². The molecule has 1 unspecified atom stereocenters. The van der Waals surface area contributed by atoms with Crippen molar-refractivity contribution < 1.29 is 9.47 Å². The third-order valence-electron chi connectivity index (χ3n) is 6.24. The smallest absolute Gasteiger partial charge is 0.291 e. The Bertz CT molecular complexity index is 720. The highest BCUT2D eigenvalue weighted by molar-refractivity contribution is 6.99. The van der Waals surface area contributed by atoms with Crippen molar-refractivity contribution >= 4 is 11.7 Å². The van der Waals surface area contributed by atoms with E-state index in [2.05, 4.69) is 39.1 Å². The van der Waals surface area contributed by atoms with E-state index in [9.17, 15) is 0 Å². The molecule has 0 aliphatic heterocycles. The SMILES string of the molecule is c1ccc(C(COc2nsnc2OC23CCC(CC2)C3)C2CC2)cc1. The molecule has 1 aromatic carbocycles. The van der Waals surface area contributed by atoms with Crippen LogP contribution in [-0.4, -0.2) is 21.0 Å². The first-order valence-electron chi connectivity index (χ1n) is 9.51. The minimum Gasteiger partial charge on any atom is -0.473 e. The van der Waals surface area contributed by atoms with Gasteiger partial charge in [-0.25, -0.2) is 0 Å². The molecule has 2 aromatic rings. The van der Waals surface area contributed by atoms with Crippen molar-refractivity contribution in [3.05, 3.63) is 35.9 Å². The molecule has 4 nitrogen and oxygen atoms in total. The van der Waals surface area contributed by atoms with E-state index in [4.69, 9.17) is 9.47 Å². The summed E-state index contributed by atoms with van der Waals surface area (Å²) in [6.07, 6.45) is 8.68. The van der Waals surface area contributed by atoms with Gasteiger partial charge in [-0.2, -0.15) is 0 Å². The number of nitrogens with zero attached hydrogens (tertiary/aromatic N) is 2. The molecule has 0 radical (unpaired) electrons. The first kappa shape index (κ1) is 15.6. The predicted octanol–water partition coefficient (Wildman–Crippen LogP) is 4.82. The molecule has 2 bridgehead atoms. The van der Waals surface area contributed by atoms with Gasteiger partial charge in [-0.3, -0.25) is 0 Å². The molecule has 5 rings (SSSR count). The average Bonchev–Trinajstić information content (AvgIpc) is 3.09. The number of benzene rings is 1. The molecule has 3 aliphatic carbocycles. The first-order valence-corrected chi connectivity index (χ1v) is 10.2. The number of rotatable bonds is 7. The molecule has 1 heterocycles. The Labute approximate surface area is 152 Å². The third-order valence-corrected chi connectivity index (χ3v) is 6.73. The van der Waals surface area contributed by atoms with Gasteiger partial charge in [0, 0.05) is 5.92 Å². The topological polar surface area (TPSA) is 44.2 Å². The van der Waals surface area contributed by atoms with E-state index in [1.54, 1.807) is 0 Å². The first-order chi connectivity index (χ1) is 12.3. The number of hydrogen-bond acceptors (Lipinski definition) is 5. The molecule has 0 N–H and O–H groups in total. The van der Waals surface area contributed by atoms with E-state index in [1.807, 2.05) is 0 Å². The second-order valence-electron chi connectivity index (χ2n) is 7.97. The van der Waals surface area contributed by atoms with E-state index < -0.39 is 0 Å². The molecule has 5 heteroatoms. The molecule has 1 aromatic heterocycles. The molecule has 3 saturated carbocycles. The number of hydrogen-bond donors (Lipinski definition) is 0. The Morgan fingerprint density at radius 2 is 1.80 bits per heavy atom. The summed E-state index contributed by atoms with van der Waals surface area (Å²) in [4.78, 5) is 0. The van der Waals surface area contributed by atoms with E-state index in [1.165, 1.54) is 49.4 Å². The Hall–Kier alpha value is -1.62. The third kappa shape index (κ3) is 3.14. The van der Waals surface area contributed by atoms with Crippen LogP contribution in [0.4, 0.5) is 0 Å². The molecule has 132 valence electrons. The molecule has 3 fully saturated rings. The minimum absolute atomic E-state index is 0.00779. The molecule has 0 saturated heterocycles. The quantitative estimate of drug-likeness (QED) is 0.713. The van der Waals surface area contributed by atoms with Crippen LogP contribution in [0.2, 0.25) is 0 Å². The lowest BCUT2D eigenvalue weighted by Crippen LogP contribution is -2.30. The van der Waals surface area contributed by atoms with Crippen molar-refractivity contribution in [2.45, 2.75) is 56.5 Å². The zero-order valence-corrected chi connectivity index (χ0v) is 15.2. The summed E-state index contributed by atoms with van der Waals surface area (Å²) in [6.45, 7) is 0.659. The summed E-state index contributed by atoms with van der Waals surface area (Å²) in [7, 11) is 0. The van der Waals surface area contributed by atoms with Crippen molar-refractivity contribution in [3.8, 4) is 11.8 Å². The maximum absolute atomic E-state index is 6.35. The van der Waals surface area contributed by atoms with Crippen LogP contribution in [0.15, 0.2) is 30.3 Å². The highest BCUT2D eigenvalue weighted by atomic mass is 32.1. The van der Waals surface area contributed by atoms with E-state index in [0.717, 1.165) is 24.7 Å². The van der Waals surface area contributed by atoms with Crippen molar-refractivity contribution in [1.82, 2.24) is 8.75 Å². The molecular formula is C20H24N2O2S. The molecule has 0 amide bonds. The lowest BCUT2D eigenvalue weighted by Gasteiger charge is -2.26. The van der Waals surface area contributed by atoms with E-state index in [-0.39, 0.29) is 5.60 Å². The number of fused-ring (bicyclic) bond motifs is 2. The van der Waals surface area contributed by atoms with Crippen LogP contribution in [0.5, 0.6) is 11.8 Å². The summed E-state index contributed by atoms with van der Waals surface area (Å²) in [5.74, 6) is 3.25. The zero-order chi connectivity index (χ0) is 16.7. The standard InChI is InChI=1S/C20H24N2O2S/c1-2-4-15(5-3-1)17(16-6-7-16)13-23-18-19(22-25-21-18)24-20-10-8-14(12-20)9-11-20/h1-5,14,16-17H,6-13H2.